The van der Waals surface area contributed by atoms with Crippen LogP contribution < -0.4 is 18.9 Å². The number of nitriles is 1. The summed E-state index contributed by atoms with van der Waals surface area (Å²) in [5.41, 5.74) is 1.98. The van der Waals surface area contributed by atoms with Crippen molar-refractivity contribution < 1.29 is 23.7 Å². The van der Waals surface area contributed by atoms with E-state index in [1.807, 2.05) is 6.92 Å². The summed E-state index contributed by atoms with van der Waals surface area (Å²) in [5, 5.41) is 9.17. The lowest BCUT2D eigenvalue weighted by Crippen LogP contribution is -2.11. The third-order valence-corrected chi connectivity index (χ3v) is 3.99. The van der Waals surface area contributed by atoms with Gasteiger partial charge in [-0.15, -0.1) is 0 Å². The number of ether oxygens (including phenoxy) is 4. The lowest BCUT2D eigenvalue weighted by atomic mass is 9.93. The van der Waals surface area contributed by atoms with Crippen molar-refractivity contribution in [3.8, 4) is 29.1 Å². The highest BCUT2D eigenvalue weighted by molar-refractivity contribution is 6.15. The number of benzene rings is 2. The van der Waals surface area contributed by atoms with E-state index in [0.717, 1.165) is 5.56 Å². The SMILES string of the molecule is COc1cc(CC#N)c(C(=O)c2c(OC)cc(C)cc2OC)c(OC)c1. The fourth-order valence-electron chi connectivity index (χ4n) is 2.80. The summed E-state index contributed by atoms with van der Waals surface area (Å²) in [6, 6.07) is 8.86. The van der Waals surface area contributed by atoms with E-state index in [9.17, 15) is 4.79 Å². The van der Waals surface area contributed by atoms with Crippen LogP contribution in [0.15, 0.2) is 24.3 Å². The van der Waals surface area contributed by atoms with Gasteiger partial charge in [0.25, 0.3) is 0 Å². The van der Waals surface area contributed by atoms with Gasteiger partial charge >= 0.3 is 0 Å². The standard InChI is InChI=1S/C20H21NO5/c1-12-8-15(24-3)19(16(9-12)25-4)20(22)18-13(6-7-21)10-14(23-2)11-17(18)26-5/h8-11H,6H2,1-5H3. The lowest BCUT2D eigenvalue weighted by Gasteiger charge is -2.17. The van der Waals surface area contributed by atoms with Crippen molar-refractivity contribution in [2.45, 2.75) is 13.3 Å². The van der Waals surface area contributed by atoms with Crippen LogP contribution in [0.4, 0.5) is 0 Å². The fourth-order valence-corrected chi connectivity index (χ4v) is 2.80. The second kappa shape index (κ2) is 8.26. The quantitative estimate of drug-likeness (QED) is 0.709. The molecule has 136 valence electrons. The zero-order valence-corrected chi connectivity index (χ0v) is 15.5. The molecule has 26 heavy (non-hydrogen) atoms. The second-order valence-electron chi connectivity index (χ2n) is 5.57. The van der Waals surface area contributed by atoms with Crippen LogP contribution in [0.2, 0.25) is 0 Å². The molecular formula is C20H21NO5. The third-order valence-electron chi connectivity index (χ3n) is 3.99. The Hall–Kier alpha value is -3.20. The van der Waals surface area contributed by atoms with Crippen molar-refractivity contribution in [2.24, 2.45) is 0 Å². The first-order valence-electron chi connectivity index (χ1n) is 7.89. The van der Waals surface area contributed by atoms with Gasteiger partial charge in [0.05, 0.1) is 46.5 Å². The number of aryl methyl sites for hydroxylation is 1. The van der Waals surface area contributed by atoms with Crippen molar-refractivity contribution in [1.29, 1.82) is 5.26 Å². The maximum absolute atomic E-state index is 13.4. The number of hydrogen-bond acceptors (Lipinski definition) is 6. The Bertz CT molecular complexity index is 842. The minimum atomic E-state index is -0.344. The van der Waals surface area contributed by atoms with E-state index in [-0.39, 0.29) is 23.3 Å². The van der Waals surface area contributed by atoms with E-state index in [1.165, 1.54) is 28.4 Å². The molecule has 0 fully saturated rings. The average Bonchev–Trinajstić information content (AvgIpc) is 2.65. The van der Waals surface area contributed by atoms with Crippen molar-refractivity contribution in [1.82, 2.24) is 0 Å². The minimum absolute atomic E-state index is 0.0329. The highest BCUT2D eigenvalue weighted by Gasteiger charge is 2.26. The van der Waals surface area contributed by atoms with Gasteiger partial charge in [0.2, 0.25) is 5.78 Å². The average molecular weight is 355 g/mol. The molecule has 2 rings (SSSR count). The predicted molar refractivity (Wildman–Crippen MR) is 96.6 cm³/mol. The van der Waals surface area contributed by atoms with E-state index < -0.39 is 0 Å². The van der Waals surface area contributed by atoms with Crippen LogP contribution in [-0.2, 0) is 6.42 Å². The summed E-state index contributed by atoms with van der Waals surface area (Å²) in [6.45, 7) is 1.88. The zero-order valence-electron chi connectivity index (χ0n) is 15.5. The molecule has 0 heterocycles. The number of methoxy groups -OCH3 is 4. The highest BCUT2D eigenvalue weighted by Crippen LogP contribution is 2.37. The summed E-state index contributed by atoms with van der Waals surface area (Å²) in [4.78, 5) is 13.4. The van der Waals surface area contributed by atoms with Crippen LogP contribution in [-0.4, -0.2) is 34.2 Å². The minimum Gasteiger partial charge on any atom is -0.497 e. The van der Waals surface area contributed by atoms with Crippen molar-refractivity contribution in [3.05, 3.63) is 46.5 Å². The number of ketones is 1. The van der Waals surface area contributed by atoms with Gasteiger partial charge in [-0.2, -0.15) is 5.26 Å². The van der Waals surface area contributed by atoms with E-state index >= 15 is 0 Å². The van der Waals surface area contributed by atoms with Gasteiger partial charge in [0, 0.05) is 6.07 Å². The highest BCUT2D eigenvalue weighted by atomic mass is 16.5. The van der Waals surface area contributed by atoms with Gasteiger partial charge < -0.3 is 18.9 Å². The van der Waals surface area contributed by atoms with E-state index in [2.05, 4.69) is 6.07 Å². The molecule has 0 unspecified atom stereocenters. The molecule has 6 nitrogen and oxygen atoms in total. The fraction of sp³-hybridized carbons (Fsp3) is 0.300. The van der Waals surface area contributed by atoms with Crippen molar-refractivity contribution in [3.63, 3.8) is 0 Å². The molecular weight excluding hydrogens is 334 g/mol. The summed E-state index contributed by atoms with van der Waals surface area (Å²) in [6.07, 6.45) is 0.0329. The van der Waals surface area contributed by atoms with Crippen LogP contribution in [0.5, 0.6) is 23.0 Å². The molecule has 0 atom stereocenters. The first-order chi connectivity index (χ1) is 12.5. The Morgan fingerprint density at radius 2 is 1.42 bits per heavy atom. The lowest BCUT2D eigenvalue weighted by molar-refractivity contribution is 0.102. The normalized spacial score (nSPS) is 10.0. The zero-order chi connectivity index (χ0) is 19.3. The first-order valence-corrected chi connectivity index (χ1v) is 7.89. The Labute approximate surface area is 152 Å². The van der Waals surface area contributed by atoms with Crippen LogP contribution >= 0.6 is 0 Å². The summed E-state index contributed by atoms with van der Waals surface area (Å²) >= 11 is 0. The molecule has 0 radical (unpaired) electrons. The largest absolute Gasteiger partial charge is 0.497 e. The molecule has 2 aromatic carbocycles. The molecule has 0 saturated carbocycles. The van der Waals surface area contributed by atoms with Gasteiger partial charge in [-0.05, 0) is 36.2 Å². The van der Waals surface area contributed by atoms with Gasteiger partial charge in [-0.3, -0.25) is 4.79 Å². The maximum atomic E-state index is 13.4. The van der Waals surface area contributed by atoms with Crippen LogP contribution in [0.3, 0.4) is 0 Å². The molecule has 0 spiro atoms. The number of carbonyl (C=O) groups excluding carboxylic acids is 1. The van der Waals surface area contributed by atoms with Gasteiger partial charge in [0.15, 0.2) is 0 Å². The number of rotatable bonds is 7. The Balaban J connectivity index is 2.77. The van der Waals surface area contributed by atoms with Crippen LogP contribution in [0.1, 0.15) is 27.0 Å². The van der Waals surface area contributed by atoms with E-state index in [0.29, 0.717) is 28.6 Å². The molecule has 0 amide bonds. The smallest absolute Gasteiger partial charge is 0.204 e. The third kappa shape index (κ3) is 3.57. The van der Waals surface area contributed by atoms with E-state index in [4.69, 9.17) is 24.2 Å². The first kappa shape index (κ1) is 19.1. The molecule has 0 aromatic heterocycles. The van der Waals surface area contributed by atoms with Gasteiger partial charge in [0.1, 0.15) is 28.6 Å². The Morgan fingerprint density at radius 1 is 0.885 bits per heavy atom. The second-order valence-corrected chi connectivity index (χ2v) is 5.57. The maximum Gasteiger partial charge on any atom is 0.204 e. The van der Waals surface area contributed by atoms with Crippen LogP contribution in [0, 0.1) is 18.3 Å². The Morgan fingerprint density at radius 3 is 1.88 bits per heavy atom. The van der Waals surface area contributed by atoms with Gasteiger partial charge in [-0.1, -0.05) is 0 Å². The number of nitrogens with zero attached hydrogens (tertiary/aromatic N) is 1. The molecule has 2 aromatic rings. The monoisotopic (exact) mass is 355 g/mol. The van der Waals surface area contributed by atoms with Gasteiger partial charge in [-0.25, -0.2) is 0 Å². The number of carbonyl (C=O) groups is 1. The van der Waals surface area contributed by atoms with Crippen LogP contribution in [0.25, 0.3) is 0 Å². The molecule has 6 heteroatoms. The molecule has 0 aliphatic carbocycles. The molecule has 0 saturated heterocycles. The molecule has 0 aliphatic rings. The van der Waals surface area contributed by atoms with E-state index in [1.54, 1.807) is 24.3 Å². The summed E-state index contributed by atoms with van der Waals surface area (Å²) in [5.74, 6) is 1.28. The number of hydrogen-bond donors (Lipinski definition) is 0. The Kier molecular flexibility index (Phi) is 6.07. The summed E-state index contributed by atoms with van der Waals surface area (Å²) in [7, 11) is 5.96. The predicted octanol–water partition coefficient (Wildman–Crippen LogP) is 3.33. The molecule has 0 bridgehead atoms. The topological polar surface area (TPSA) is 77.8 Å². The molecule has 0 aliphatic heterocycles. The van der Waals surface area contributed by atoms with Crippen molar-refractivity contribution in [2.75, 3.05) is 28.4 Å². The molecule has 0 N–H and O–H groups in total. The summed E-state index contributed by atoms with van der Waals surface area (Å²) < 4.78 is 21.4. The van der Waals surface area contributed by atoms with Crippen molar-refractivity contribution >= 4 is 5.78 Å².